The standard InChI is InChI=1S/C22H19FN4O2/c1-14-4-3-5-16(10-14)21-20(22(28)24-12-18-11-15(2)29-26-18)13-27(25-21)19-8-6-17(23)7-9-19/h3-11,13H,12H2,1-2H3,(H,24,28). The zero-order valence-electron chi connectivity index (χ0n) is 16.0. The fraction of sp³-hybridized carbons (Fsp3) is 0.136. The van der Waals surface area contributed by atoms with Crippen LogP contribution in [-0.2, 0) is 6.54 Å². The summed E-state index contributed by atoms with van der Waals surface area (Å²) in [6.07, 6.45) is 1.65. The van der Waals surface area contributed by atoms with Gasteiger partial charge in [0.15, 0.2) is 0 Å². The van der Waals surface area contributed by atoms with Crippen LogP contribution in [0.25, 0.3) is 16.9 Å². The molecule has 0 aliphatic heterocycles. The predicted molar refractivity (Wildman–Crippen MR) is 106 cm³/mol. The zero-order chi connectivity index (χ0) is 20.4. The number of nitrogens with zero attached hydrogens (tertiary/aromatic N) is 3. The van der Waals surface area contributed by atoms with Crippen molar-refractivity contribution >= 4 is 5.91 Å². The van der Waals surface area contributed by atoms with Crippen LogP contribution in [0.5, 0.6) is 0 Å². The number of hydrogen-bond acceptors (Lipinski definition) is 4. The largest absolute Gasteiger partial charge is 0.361 e. The van der Waals surface area contributed by atoms with E-state index in [4.69, 9.17) is 4.52 Å². The first-order valence-electron chi connectivity index (χ1n) is 9.12. The third-order valence-corrected chi connectivity index (χ3v) is 4.45. The quantitative estimate of drug-likeness (QED) is 0.554. The van der Waals surface area contributed by atoms with Gasteiger partial charge in [-0.25, -0.2) is 9.07 Å². The van der Waals surface area contributed by atoms with Gasteiger partial charge in [0, 0.05) is 17.8 Å². The van der Waals surface area contributed by atoms with Crippen LogP contribution in [-0.4, -0.2) is 20.8 Å². The third-order valence-electron chi connectivity index (χ3n) is 4.45. The van der Waals surface area contributed by atoms with Crippen LogP contribution in [0.15, 0.2) is 65.3 Å². The van der Waals surface area contributed by atoms with Crippen molar-refractivity contribution in [2.75, 3.05) is 0 Å². The van der Waals surface area contributed by atoms with Crippen molar-refractivity contribution in [3.8, 4) is 16.9 Å². The second kappa shape index (κ2) is 7.71. The Labute approximate surface area is 167 Å². The number of halogens is 1. The van der Waals surface area contributed by atoms with Crippen LogP contribution >= 0.6 is 0 Å². The van der Waals surface area contributed by atoms with Crippen LogP contribution in [0.1, 0.15) is 27.4 Å². The molecule has 0 aliphatic carbocycles. The Balaban J connectivity index is 1.70. The van der Waals surface area contributed by atoms with Crippen LogP contribution < -0.4 is 5.32 Å². The van der Waals surface area contributed by atoms with Gasteiger partial charge in [0.25, 0.3) is 5.91 Å². The number of carbonyl (C=O) groups is 1. The lowest BCUT2D eigenvalue weighted by Crippen LogP contribution is -2.23. The molecule has 0 saturated carbocycles. The Morgan fingerprint density at radius 3 is 2.62 bits per heavy atom. The molecule has 4 aromatic rings. The molecule has 1 amide bonds. The lowest BCUT2D eigenvalue weighted by molar-refractivity contribution is 0.0950. The van der Waals surface area contributed by atoms with Crippen LogP contribution in [0.2, 0.25) is 0 Å². The molecule has 0 fully saturated rings. The highest BCUT2D eigenvalue weighted by Gasteiger charge is 2.19. The molecule has 0 saturated heterocycles. The Bertz CT molecular complexity index is 1160. The minimum absolute atomic E-state index is 0.241. The molecule has 4 rings (SSSR count). The van der Waals surface area contributed by atoms with E-state index in [0.29, 0.717) is 28.4 Å². The van der Waals surface area contributed by atoms with Crippen molar-refractivity contribution in [2.24, 2.45) is 0 Å². The highest BCUT2D eigenvalue weighted by atomic mass is 19.1. The van der Waals surface area contributed by atoms with E-state index in [2.05, 4.69) is 15.6 Å². The summed E-state index contributed by atoms with van der Waals surface area (Å²) in [4.78, 5) is 12.9. The van der Waals surface area contributed by atoms with E-state index in [1.807, 2.05) is 31.2 Å². The minimum atomic E-state index is -0.333. The molecule has 29 heavy (non-hydrogen) atoms. The van der Waals surface area contributed by atoms with Gasteiger partial charge in [0.05, 0.1) is 17.8 Å². The summed E-state index contributed by atoms with van der Waals surface area (Å²) >= 11 is 0. The molecular weight excluding hydrogens is 371 g/mol. The van der Waals surface area contributed by atoms with Crippen LogP contribution in [0.3, 0.4) is 0 Å². The van der Waals surface area contributed by atoms with E-state index < -0.39 is 0 Å². The number of hydrogen-bond donors (Lipinski definition) is 1. The number of benzene rings is 2. The monoisotopic (exact) mass is 390 g/mol. The van der Waals surface area contributed by atoms with Crippen molar-refractivity contribution in [3.63, 3.8) is 0 Å². The molecule has 2 heterocycles. The van der Waals surface area contributed by atoms with Crippen molar-refractivity contribution in [2.45, 2.75) is 20.4 Å². The highest BCUT2D eigenvalue weighted by Crippen LogP contribution is 2.25. The van der Waals surface area contributed by atoms with Crippen LogP contribution in [0, 0.1) is 19.7 Å². The first-order valence-corrected chi connectivity index (χ1v) is 9.12. The van der Waals surface area contributed by atoms with Gasteiger partial charge in [0.1, 0.15) is 23.0 Å². The molecule has 0 aliphatic rings. The van der Waals surface area contributed by atoms with Gasteiger partial charge >= 0.3 is 0 Å². The van der Waals surface area contributed by atoms with Crippen molar-refractivity contribution in [1.29, 1.82) is 0 Å². The second-order valence-electron chi connectivity index (χ2n) is 6.79. The third kappa shape index (κ3) is 4.08. The summed E-state index contributed by atoms with van der Waals surface area (Å²) in [6.45, 7) is 4.01. The van der Waals surface area contributed by atoms with Gasteiger partial charge in [0.2, 0.25) is 0 Å². The van der Waals surface area contributed by atoms with E-state index in [0.717, 1.165) is 11.1 Å². The van der Waals surface area contributed by atoms with Gasteiger partial charge < -0.3 is 9.84 Å². The Hall–Kier alpha value is -3.74. The first-order chi connectivity index (χ1) is 14.0. The number of aryl methyl sites for hydroxylation is 2. The fourth-order valence-electron chi connectivity index (χ4n) is 3.04. The molecule has 0 unspecified atom stereocenters. The number of carbonyl (C=O) groups excluding carboxylic acids is 1. The van der Waals surface area contributed by atoms with E-state index in [1.54, 1.807) is 36.0 Å². The summed E-state index contributed by atoms with van der Waals surface area (Å²) in [5.74, 6) is 0.0648. The smallest absolute Gasteiger partial charge is 0.255 e. The molecule has 0 radical (unpaired) electrons. The van der Waals surface area contributed by atoms with Crippen molar-refractivity contribution < 1.29 is 13.7 Å². The van der Waals surface area contributed by atoms with Gasteiger partial charge in [-0.05, 0) is 44.2 Å². The number of aromatic nitrogens is 3. The Morgan fingerprint density at radius 2 is 1.93 bits per heavy atom. The molecule has 146 valence electrons. The first kappa shape index (κ1) is 18.6. The molecule has 6 nitrogen and oxygen atoms in total. The van der Waals surface area contributed by atoms with E-state index in [-0.39, 0.29) is 18.3 Å². The van der Waals surface area contributed by atoms with Gasteiger partial charge in [-0.3, -0.25) is 4.79 Å². The molecular formula is C22H19FN4O2. The predicted octanol–water partition coefficient (Wildman–Crippen LogP) is 4.21. The maximum absolute atomic E-state index is 13.3. The molecule has 2 aromatic carbocycles. The molecule has 2 aromatic heterocycles. The fourth-order valence-corrected chi connectivity index (χ4v) is 3.04. The van der Waals surface area contributed by atoms with E-state index in [9.17, 15) is 9.18 Å². The molecule has 1 N–H and O–H groups in total. The van der Waals surface area contributed by atoms with E-state index in [1.165, 1.54) is 12.1 Å². The highest BCUT2D eigenvalue weighted by molar-refractivity contribution is 5.99. The van der Waals surface area contributed by atoms with Gasteiger partial charge in [-0.2, -0.15) is 5.10 Å². The average molecular weight is 390 g/mol. The van der Waals surface area contributed by atoms with Crippen molar-refractivity contribution in [1.82, 2.24) is 20.3 Å². The Kier molecular flexibility index (Phi) is 4.95. The van der Waals surface area contributed by atoms with Crippen molar-refractivity contribution in [3.05, 3.63) is 89.2 Å². The number of amides is 1. The summed E-state index contributed by atoms with van der Waals surface area (Å²) in [5, 5.41) is 11.3. The van der Waals surface area contributed by atoms with Gasteiger partial charge in [-0.15, -0.1) is 0 Å². The molecule has 0 bridgehead atoms. The topological polar surface area (TPSA) is 73.0 Å². The number of rotatable bonds is 5. The maximum Gasteiger partial charge on any atom is 0.255 e. The van der Waals surface area contributed by atoms with E-state index >= 15 is 0 Å². The second-order valence-corrected chi connectivity index (χ2v) is 6.79. The Morgan fingerprint density at radius 1 is 1.14 bits per heavy atom. The summed E-state index contributed by atoms with van der Waals surface area (Å²) in [5.41, 5.74) is 4.15. The SMILES string of the molecule is Cc1cccc(-c2nn(-c3ccc(F)cc3)cc2C(=O)NCc2cc(C)on2)c1. The average Bonchev–Trinajstić information content (AvgIpc) is 3.33. The normalized spacial score (nSPS) is 10.9. The van der Waals surface area contributed by atoms with Gasteiger partial charge in [-0.1, -0.05) is 28.9 Å². The molecule has 0 atom stereocenters. The molecule has 0 spiro atoms. The zero-order valence-corrected chi connectivity index (χ0v) is 16.0. The van der Waals surface area contributed by atoms with Crippen LogP contribution in [0.4, 0.5) is 4.39 Å². The molecule has 7 heteroatoms. The summed E-state index contributed by atoms with van der Waals surface area (Å²) in [6, 6.07) is 15.5. The lowest BCUT2D eigenvalue weighted by atomic mass is 10.1. The summed E-state index contributed by atoms with van der Waals surface area (Å²) in [7, 11) is 0. The lowest BCUT2D eigenvalue weighted by Gasteiger charge is -2.04. The minimum Gasteiger partial charge on any atom is -0.361 e. The summed E-state index contributed by atoms with van der Waals surface area (Å²) < 4.78 is 19.9. The maximum atomic E-state index is 13.3. The number of nitrogens with one attached hydrogen (secondary N) is 1.